The predicted octanol–water partition coefficient (Wildman–Crippen LogP) is 3.23. The van der Waals surface area contributed by atoms with Crippen molar-refractivity contribution < 1.29 is 29.1 Å². The molecule has 2 aliphatic heterocycles. The smallest absolute Gasteiger partial charge is 0.332 e. The monoisotopic (exact) mass is 535 g/mol. The SMILES string of the molecule is CC(=O)N(Oc1ccccc1Cl)C1C(=O)N2CC(NC(=O)SCc3ccccc3)(C(=O)O)CS[C@H]12. The summed E-state index contributed by atoms with van der Waals surface area (Å²) in [5.74, 6) is -1.58. The summed E-state index contributed by atoms with van der Waals surface area (Å²) in [5, 5.41) is 12.8. The van der Waals surface area contributed by atoms with Gasteiger partial charge in [0.25, 0.3) is 17.1 Å². The minimum Gasteiger partial charge on any atom is -0.479 e. The van der Waals surface area contributed by atoms with Crippen LogP contribution in [0.2, 0.25) is 5.02 Å². The van der Waals surface area contributed by atoms with E-state index < -0.39 is 40.0 Å². The van der Waals surface area contributed by atoms with Crippen LogP contribution >= 0.6 is 35.1 Å². The first-order valence-electron chi connectivity index (χ1n) is 10.6. The molecule has 2 aliphatic rings. The molecule has 12 heteroatoms. The molecule has 0 aliphatic carbocycles. The third kappa shape index (κ3) is 5.21. The van der Waals surface area contributed by atoms with Crippen molar-refractivity contribution in [1.29, 1.82) is 0 Å². The molecule has 4 rings (SSSR count). The number of hydrogen-bond acceptors (Lipinski definition) is 7. The van der Waals surface area contributed by atoms with Gasteiger partial charge in [-0.1, -0.05) is 65.8 Å². The zero-order valence-corrected chi connectivity index (χ0v) is 20.9. The van der Waals surface area contributed by atoms with Gasteiger partial charge in [-0.25, -0.2) is 4.79 Å². The highest BCUT2D eigenvalue weighted by Gasteiger charge is 2.60. The lowest BCUT2D eigenvalue weighted by molar-refractivity contribution is -0.191. The van der Waals surface area contributed by atoms with Crippen molar-refractivity contribution in [3.63, 3.8) is 0 Å². The predicted molar refractivity (Wildman–Crippen MR) is 133 cm³/mol. The number of carbonyl (C=O) groups excluding carboxylic acids is 3. The quantitative estimate of drug-likeness (QED) is 0.410. The van der Waals surface area contributed by atoms with Crippen LogP contribution in [0.1, 0.15) is 12.5 Å². The number of carboxylic acid groups (broad SMARTS) is 1. The van der Waals surface area contributed by atoms with Crippen molar-refractivity contribution in [2.75, 3.05) is 12.3 Å². The highest BCUT2D eigenvalue weighted by molar-refractivity contribution is 8.12. The minimum atomic E-state index is -1.65. The summed E-state index contributed by atoms with van der Waals surface area (Å²) in [6, 6.07) is 15.0. The largest absolute Gasteiger partial charge is 0.479 e. The summed E-state index contributed by atoms with van der Waals surface area (Å²) in [5.41, 5.74) is -0.716. The van der Waals surface area contributed by atoms with E-state index in [4.69, 9.17) is 16.4 Å². The van der Waals surface area contributed by atoms with Crippen LogP contribution in [-0.2, 0) is 20.1 Å². The second-order valence-corrected chi connectivity index (χ2v) is 10.5. The van der Waals surface area contributed by atoms with Crippen molar-refractivity contribution >= 4 is 58.1 Å². The van der Waals surface area contributed by atoms with Crippen molar-refractivity contribution in [2.24, 2.45) is 0 Å². The Kier molecular flexibility index (Phi) is 7.48. The summed E-state index contributed by atoms with van der Waals surface area (Å²) in [6.07, 6.45) is 0. The molecule has 0 aromatic heterocycles. The number of hydrogen-bond donors (Lipinski definition) is 2. The molecule has 35 heavy (non-hydrogen) atoms. The van der Waals surface area contributed by atoms with Gasteiger partial charge in [0.05, 0.1) is 11.6 Å². The fourth-order valence-electron chi connectivity index (χ4n) is 3.79. The normalized spacial score (nSPS) is 23.0. The molecule has 9 nitrogen and oxygen atoms in total. The number of benzene rings is 2. The second-order valence-electron chi connectivity index (χ2n) is 8.05. The Balaban J connectivity index is 1.43. The molecule has 2 N–H and O–H groups in total. The first-order valence-corrected chi connectivity index (χ1v) is 13.0. The minimum absolute atomic E-state index is 0.0166. The van der Waals surface area contributed by atoms with Crippen LogP contribution in [0.15, 0.2) is 54.6 Å². The van der Waals surface area contributed by atoms with Crippen LogP contribution in [0.4, 0.5) is 4.79 Å². The van der Waals surface area contributed by atoms with Gasteiger partial charge in [-0.05, 0) is 17.7 Å². The lowest BCUT2D eigenvalue weighted by atomic mass is 9.96. The van der Waals surface area contributed by atoms with Crippen LogP contribution in [0, 0.1) is 0 Å². The van der Waals surface area contributed by atoms with Gasteiger partial charge in [0.15, 0.2) is 17.3 Å². The molecule has 0 bridgehead atoms. The van der Waals surface area contributed by atoms with Crippen molar-refractivity contribution in [3.05, 3.63) is 65.2 Å². The number of halogens is 1. The highest BCUT2D eigenvalue weighted by Crippen LogP contribution is 2.41. The van der Waals surface area contributed by atoms with E-state index in [2.05, 4.69) is 5.32 Å². The number of β-lactam (4-membered cyclic amide) rings is 1. The third-order valence-electron chi connectivity index (χ3n) is 5.61. The zero-order valence-electron chi connectivity index (χ0n) is 18.5. The fourth-order valence-corrected chi connectivity index (χ4v) is 6.23. The fraction of sp³-hybridized carbons (Fsp3) is 0.304. The molecule has 0 spiro atoms. The molecule has 2 fully saturated rings. The number of amides is 3. The Hall–Kier alpha value is -2.89. The maximum absolute atomic E-state index is 13.0. The molecular weight excluding hydrogens is 514 g/mol. The van der Waals surface area contributed by atoms with Gasteiger partial charge >= 0.3 is 5.97 Å². The topological polar surface area (TPSA) is 116 Å². The van der Waals surface area contributed by atoms with E-state index in [0.717, 1.165) is 22.4 Å². The Morgan fingerprint density at radius 2 is 1.91 bits per heavy atom. The zero-order chi connectivity index (χ0) is 25.2. The van der Waals surface area contributed by atoms with Crippen LogP contribution < -0.4 is 10.2 Å². The number of para-hydroxylation sites is 1. The number of thioether (sulfide) groups is 2. The summed E-state index contributed by atoms with van der Waals surface area (Å²) in [7, 11) is 0. The molecule has 2 aromatic carbocycles. The van der Waals surface area contributed by atoms with Crippen LogP contribution in [0.3, 0.4) is 0 Å². The molecular formula is C23H22ClN3O6S2. The molecule has 3 amide bonds. The number of aliphatic carboxylic acids is 1. The molecule has 2 heterocycles. The molecule has 0 radical (unpaired) electrons. The molecule has 3 atom stereocenters. The number of carbonyl (C=O) groups is 4. The second kappa shape index (κ2) is 10.4. The Bertz CT molecular complexity index is 1150. The number of carboxylic acids is 1. The van der Waals surface area contributed by atoms with Crippen LogP contribution in [-0.4, -0.2) is 67.3 Å². The third-order valence-corrected chi connectivity index (χ3v) is 8.28. The average Bonchev–Trinajstić information content (AvgIpc) is 2.84. The highest BCUT2D eigenvalue weighted by atomic mass is 35.5. The van der Waals surface area contributed by atoms with E-state index in [0.29, 0.717) is 5.75 Å². The van der Waals surface area contributed by atoms with Crippen LogP contribution in [0.25, 0.3) is 0 Å². The average molecular weight is 536 g/mol. The van der Waals surface area contributed by atoms with Crippen molar-refractivity contribution in [2.45, 2.75) is 29.6 Å². The maximum Gasteiger partial charge on any atom is 0.332 e. The van der Waals surface area contributed by atoms with Gasteiger partial charge in [0, 0.05) is 18.4 Å². The summed E-state index contributed by atoms with van der Waals surface area (Å²) in [4.78, 5) is 57.1. The number of hydroxylamine groups is 2. The van der Waals surface area contributed by atoms with E-state index in [1.807, 2.05) is 30.3 Å². The van der Waals surface area contributed by atoms with Gasteiger partial charge in [-0.3, -0.25) is 14.4 Å². The Morgan fingerprint density at radius 1 is 1.23 bits per heavy atom. The summed E-state index contributed by atoms with van der Waals surface area (Å²) >= 11 is 8.26. The number of nitrogens with one attached hydrogen (secondary N) is 1. The number of rotatable bonds is 7. The van der Waals surface area contributed by atoms with Gasteiger partial charge in [-0.2, -0.15) is 5.06 Å². The van der Waals surface area contributed by atoms with E-state index in [1.54, 1.807) is 24.3 Å². The van der Waals surface area contributed by atoms with Crippen molar-refractivity contribution in [3.8, 4) is 5.75 Å². The molecule has 184 valence electrons. The maximum atomic E-state index is 13.0. The van der Waals surface area contributed by atoms with Gasteiger partial charge in [0.1, 0.15) is 5.37 Å². The molecule has 2 saturated heterocycles. The Morgan fingerprint density at radius 3 is 2.57 bits per heavy atom. The first-order chi connectivity index (χ1) is 16.7. The summed E-state index contributed by atoms with van der Waals surface area (Å²) in [6.45, 7) is 1.05. The molecule has 2 aromatic rings. The van der Waals surface area contributed by atoms with E-state index in [-0.39, 0.29) is 23.1 Å². The number of fused-ring (bicyclic) bond motifs is 1. The van der Waals surface area contributed by atoms with Crippen LogP contribution in [0.5, 0.6) is 5.75 Å². The first kappa shape index (κ1) is 25.2. The van der Waals surface area contributed by atoms with Crippen molar-refractivity contribution in [1.82, 2.24) is 15.3 Å². The Labute approximate surface area is 215 Å². The summed E-state index contributed by atoms with van der Waals surface area (Å²) < 4.78 is 0. The van der Waals surface area contributed by atoms with E-state index >= 15 is 0 Å². The standard InChI is InChI=1S/C23H22ClN3O6S2/c1-14(28)27(33-17-10-6-5-9-16(17)24)18-19(29)26-12-23(21(30)31,13-35-20(18)26)25-22(32)34-11-15-7-3-2-4-8-15/h2-10,18,20H,11-13H2,1H3,(H,25,32)(H,30,31)/t18?,20-,23?/m1/s1. The lowest BCUT2D eigenvalue weighted by Gasteiger charge is -2.55. The van der Waals surface area contributed by atoms with Gasteiger partial charge in [-0.15, -0.1) is 11.8 Å². The van der Waals surface area contributed by atoms with Gasteiger partial charge in [0.2, 0.25) is 0 Å². The lowest BCUT2D eigenvalue weighted by Crippen LogP contribution is -2.78. The molecule has 2 unspecified atom stereocenters. The van der Waals surface area contributed by atoms with E-state index in [9.17, 15) is 24.3 Å². The molecule has 0 saturated carbocycles. The van der Waals surface area contributed by atoms with E-state index in [1.165, 1.54) is 23.6 Å². The number of nitrogens with zero attached hydrogens (tertiary/aromatic N) is 2. The van der Waals surface area contributed by atoms with Gasteiger partial charge < -0.3 is 20.2 Å².